The Hall–Kier alpha value is -2.38. The van der Waals surface area contributed by atoms with E-state index in [1.807, 2.05) is 12.1 Å². The van der Waals surface area contributed by atoms with Crippen molar-refractivity contribution in [1.82, 2.24) is 4.31 Å². The molecule has 0 bridgehead atoms. The monoisotopic (exact) mass is 449 g/mol. The topological polar surface area (TPSA) is 46.6 Å². The normalized spacial score (nSPS) is 16.4. The zero-order valence-electron chi connectivity index (χ0n) is 17.1. The standard InChI is InChI=1S/C25H23NO3S2/c1-18(19-6-9-23(10-7-19)31(27,28)26-12-14-29-15-13-26)20-8-11-25-22(16-20)17-21-4-2-3-5-24(21)30-25/h2-11,16H,1,12-15,17H2. The van der Waals surface area contributed by atoms with E-state index in [4.69, 9.17) is 4.74 Å². The molecule has 0 spiro atoms. The zero-order chi connectivity index (χ0) is 21.4. The van der Waals surface area contributed by atoms with Crippen LogP contribution in [0, 0.1) is 0 Å². The molecule has 158 valence electrons. The Bertz CT molecular complexity index is 1240. The molecule has 0 radical (unpaired) electrons. The molecule has 0 unspecified atom stereocenters. The average molecular weight is 450 g/mol. The van der Waals surface area contributed by atoms with Gasteiger partial charge >= 0.3 is 0 Å². The fourth-order valence-electron chi connectivity index (χ4n) is 4.01. The fraction of sp³-hybridized carbons (Fsp3) is 0.200. The lowest BCUT2D eigenvalue weighted by Gasteiger charge is -2.26. The van der Waals surface area contributed by atoms with E-state index in [-0.39, 0.29) is 0 Å². The molecule has 0 N–H and O–H groups in total. The van der Waals surface area contributed by atoms with Gasteiger partial charge in [0, 0.05) is 22.9 Å². The van der Waals surface area contributed by atoms with Gasteiger partial charge in [0.15, 0.2) is 0 Å². The maximum Gasteiger partial charge on any atom is 0.243 e. The number of hydrogen-bond donors (Lipinski definition) is 0. The van der Waals surface area contributed by atoms with E-state index in [1.165, 1.54) is 25.2 Å². The van der Waals surface area contributed by atoms with E-state index in [0.717, 1.165) is 23.1 Å². The number of hydrogen-bond acceptors (Lipinski definition) is 4. The highest BCUT2D eigenvalue weighted by Crippen LogP contribution is 2.40. The summed E-state index contributed by atoms with van der Waals surface area (Å²) in [6, 6.07) is 22.0. The van der Waals surface area contributed by atoms with Crippen LogP contribution < -0.4 is 0 Å². The van der Waals surface area contributed by atoms with Crippen molar-refractivity contribution in [3.63, 3.8) is 0 Å². The number of sulfonamides is 1. The summed E-state index contributed by atoms with van der Waals surface area (Å²) in [7, 11) is -3.49. The van der Waals surface area contributed by atoms with Gasteiger partial charge < -0.3 is 4.74 Å². The fourth-order valence-corrected chi connectivity index (χ4v) is 6.47. The van der Waals surface area contributed by atoms with Crippen molar-refractivity contribution in [2.24, 2.45) is 0 Å². The highest BCUT2D eigenvalue weighted by Gasteiger charge is 2.26. The Morgan fingerprint density at radius 2 is 1.55 bits per heavy atom. The summed E-state index contributed by atoms with van der Waals surface area (Å²) in [6.45, 7) is 5.96. The van der Waals surface area contributed by atoms with E-state index in [1.54, 1.807) is 23.9 Å². The second-order valence-corrected chi connectivity index (χ2v) is 10.8. The van der Waals surface area contributed by atoms with Crippen LogP contribution in [0.4, 0.5) is 0 Å². The molecule has 0 aromatic heterocycles. The molecule has 31 heavy (non-hydrogen) atoms. The van der Waals surface area contributed by atoms with Crippen molar-refractivity contribution in [3.05, 3.63) is 95.6 Å². The Morgan fingerprint density at radius 1 is 0.871 bits per heavy atom. The lowest BCUT2D eigenvalue weighted by molar-refractivity contribution is 0.0730. The maximum absolute atomic E-state index is 12.8. The van der Waals surface area contributed by atoms with Gasteiger partial charge in [-0.3, -0.25) is 0 Å². The number of ether oxygens (including phenoxy) is 1. The van der Waals surface area contributed by atoms with E-state index in [2.05, 4.69) is 49.0 Å². The number of rotatable bonds is 4. The Balaban J connectivity index is 1.38. The molecule has 6 heteroatoms. The highest BCUT2D eigenvalue weighted by molar-refractivity contribution is 7.99. The molecule has 3 aromatic carbocycles. The van der Waals surface area contributed by atoms with Crippen molar-refractivity contribution in [2.45, 2.75) is 21.1 Å². The first kappa shape index (κ1) is 20.5. The first-order chi connectivity index (χ1) is 15.0. The summed E-state index contributed by atoms with van der Waals surface area (Å²) in [5, 5.41) is 0. The van der Waals surface area contributed by atoms with Crippen LogP contribution in [0.3, 0.4) is 0 Å². The highest BCUT2D eigenvalue weighted by atomic mass is 32.2. The third-order valence-electron chi connectivity index (χ3n) is 5.79. The van der Waals surface area contributed by atoms with Crippen LogP contribution in [0.2, 0.25) is 0 Å². The molecule has 3 aromatic rings. The molecule has 2 aliphatic rings. The van der Waals surface area contributed by atoms with Crippen molar-refractivity contribution in [1.29, 1.82) is 0 Å². The van der Waals surface area contributed by atoms with Gasteiger partial charge in [0.1, 0.15) is 0 Å². The lowest BCUT2D eigenvalue weighted by atomic mass is 9.95. The van der Waals surface area contributed by atoms with Gasteiger partial charge in [-0.2, -0.15) is 4.31 Å². The average Bonchev–Trinajstić information content (AvgIpc) is 2.82. The second kappa shape index (κ2) is 8.28. The van der Waals surface area contributed by atoms with E-state index >= 15 is 0 Å². The quantitative estimate of drug-likeness (QED) is 0.448. The Kier molecular flexibility index (Phi) is 5.48. The van der Waals surface area contributed by atoms with Gasteiger partial charge in [0.2, 0.25) is 10.0 Å². The van der Waals surface area contributed by atoms with Crippen LogP contribution in [0.5, 0.6) is 0 Å². The molecule has 0 amide bonds. The minimum atomic E-state index is -3.49. The number of fused-ring (bicyclic) bond motifs is 2. The van der Waals surface area contributed by atoms with Gasteiger partial charge in [-0.1, -0.05) is 54.7 Å². The van der Waals surface area contributed by atoms with Crippen molar-refractivity contribution in [3.8, 4) is 0 Å². The van der Waals surface area contributed by atoms with Gasteiger partial charge in [-0.25, -0.2) is 8.42 Å². The largest absolute Gasteiger partial charge is 0.379 e. The maximum atomic E-state index is 12.8. The van der Waals surface area contributed by atoms with Crippen LogP contribution >= 0.6 is 11.8 Å². The summed E-state index contributed by atoms with van der Waals surface area (Å²) < 4.78 is 32.4. The second-order valence-electron chi connectivity index (χ2n) is 7.73. The van der Waals surface area contributed by atoms with Crippen LogP contribution in [0.25, 0.3) is 5.57 Å². The third kappa shape index (κ3) is 3.96. The predicted octanol–water partition coefficient (Wildman–Crippen LogP) is 4.82. The van der Waals surface area contributed by atoms with Gasteiger partial charge in [0.05, 0.1) is 18.1 Å². The van der Waals surface area contributed by atoms with Crippen LogP contribution in [0.1, 0.15) is 22.3 Å². The molecule has 0 aliphatic carbocycles. The smallest absolute Gasteiger partial charge is 0.243 e. The van der Waals surface area contributed by atoms with E-state index in [9.17, 15) is 8.42 Å². The number of nitrogens with zero attached hydrogens (tertiary/aromatic N) is 1. The first-order valence-corrected chi connectivity index (χ1v) is 12.5. The van der Waals surface area contributed by atoms with Gasteiger partial charge in [-0.05, 0) is 64.6 Å². The molecule has 4 nitrogen and oxygen atoms in total. The summed E-state index contributed by atoms with van der Waals surface area (Å²) in [6.07, 6.45) is 0.913. The van der Waals surface area contributed by atoms with Gasteiger partial charge in [0.25, 0.3) is 0 Å². The minimum absolute atomic E-state index is 0.310. The van der Waals surface area contributed by atoms with Crippen molar-refractivity contribution < 1.29 is 13.2 Å². The molecule has 5 rings (SSSR count). The Morgan fingerprint density at radius 3 is 2.32 bits per heavy atom. The zero-order valence-corrected chi connectivity index (χ0v) is 18.7. The van der Waals surface area contributed by atoms with Crippen molar-refractivity contribution in [2.75, 3.05) is 26.3 Å². The number of benzene rings is 3. The molecule has 0 saturated carbocycles. The molecule has 2 aliphatic heterocycles. The van der Waals surface area contributed by atoms with Crippen LogP contribution in [0.15, 0.2) is 88.0 Å². The third-order valence-corrected chi connectivity index (χ3v) is 8.94. The summed E-state index contributed by atoms with van der Waals surface area (Å²) in [5.74, 6) is 0. The summed E-state index contributed by atoms with van der Waals surface area (Å²) in [4.78, 5) is 2.91. The van der Waals surface area contributed by atoms with Crippen LogP contribution in [-0.4, -0.2) is 39.0 Å². The predicted molar refractivity (Wildman–Crippen MR) is 124 cm³/mol. The van der Waals surface area contributed by atoms with Crippen LogP contribution in [-0.2, 0) is 21.2 Å². The van der Waals surface area contributed by atoms with E-state index in [0.29, 0.717) is 31.2 Å². The number of morpholine rings is 1. The minimum Gasteiger partial charge on any atom is -0.379 e. The summed E-state index contributed by atoms with van der Waals surface area (Å²) in [5.41, 5.74) is 5.52. The molecule has 1 fully saturated rings. The first-order valence-electron chi connectivity index (χ1n) is 10.3. The molecular formula is C25H23NO3S2. The molecule has 1 saturated heterocycles. The molecule has 0 atom stereocenters. The SMILES string of the molecule is C=C(c1ccc(S(=O)(=O)N2CCOCC2)cc1)c1ccc2c(c1)Cc1ccccc1S2. The summed E-state index contributed by atoms with van der Waals surface area (Å²) >= 11 is 1.81. The molecular weight excluding hydrogens is 426 g/mol. The lowest BCUT2D eigenvalue weighted by Crippen LogP contribution is -2.40. The van der Waals surface area contributed by atoms with Gasteiger partial charge in [-0.15, -0.1) is 0 Å². The van der Waals surface area contributed by atoms with Crippen molar-refractivity contribution >= 4 is 27.4 Å². The molecule has 2 heterocycles. The van der Waals surface area contributed by atoms with E-state index < -0.39 is 10.0 Å². The Labute approximate surface area is 187 Å².